The summed E-state index contributed by atoms with van der Waals surface area (Å²) in [5.41, 5.74) is 0.760. The Kier molecular flexibility index (Phi) is 4.04. The predicted molar refractivity (Wildman–Crippen MR) is 74.9 cm³/mol. The Hall–Kier alpha value is -0.620. The second kappa shape index (κ2) is 5.35. The van der Waals surface area contributed by atoms with Crippen molar-refractivity contribution in [2.45, 2.75) is 18.9 Å². The number of halogens is 1. The van der Waals surface area contributed by atoms with Gasteiger partial charge >= 0.3 is 0 Å². The number of carbonyl (C=O) groups excluding carboxylic acids is 1. The van der Waals surface area contributed by atoms with Crippen molar-refractivity contribution in [3.05, 3.63) is 33.4 Å². The van der Waals surface area contributed by atoms with Crippen molar-refractivity contribution in [3.63, 3.8) is 0 Å². The molecule has 3 nitrogen and oxygen atoms in total. The summed E-state index contributed by atoms with van der Waals surface area (Å²) in [6.07, 6.45) is 1.49. The number of amides is 1. The van der Waals surface area contributed by atoms with Crippen LogP contribution in [-0.2, 0) is 0 Å². The van der Waals surface area contributed by atoms with E-state index < -0.39 is 0 Å². The molecule has 1 fully saturated rings. The van der Waals surface area contributed by atoms with Crippen LogP contribution in [0.1, 0.15) is 23.2 Å². The Morgan fingerprint density at radius 1 is 1.47 bits per heavy atom. The van der Waals surface area contributed by atoms with Crippen LogP contribution in [0.5, 0.6) is 0 Å². The van der Waals surface area contributed by atoms with Crippen molar-refractivity contribution < 1.29 is 9.90 Å². The molecule has 92 valence electrons. The smallest absolute Gasteiger partial charge is 0.254 e. The molecule has 1 aromatic rings. The van der Waals surface area contributed by atoms with E-state index >= 15 is 0 Å². The SMILES string of the molecule is CN(CC1CC(O)C1)C(=O)c1ccccc1I. The van der Waals surface area contributed by atoms with Gasteiger partial charge in [0, 0.05) is 17.2 Å². The summed E-state index contributed by atoms with van der Waals surface area (Å²) >= 11 is 2.18. The van der Waals surface area contributed by atoms with E-state index in [0.717, 1.165) is 28.5 Å². The van der Waals surface area contributed by atoms with Gasteiger partial charge < -0.3 is 10.0 Å². The van der Waals surface area contributed by atoms with Gasteiger partial charge in [-0.15, -0.1) is 0 Å². The highest BCUT2D eigenvalue weighted by Gasteiger charge is 2.29. The second-order valence-corrected chi connectivity index (χ2v) is 5.82. The lowest BCUT2D eigenvalue weighted by atomic mass is 9.82. The lowest BCUT2D eigenvalue weighted by molar-refractivity contribution is 0.0265. The molecule has 0 atom stereocenters. The van der Waals surface area contributed by atoms with E-state index in [4.69, 9.17) is 0 Å². The minimum absolute atomic E-state index is 0.0661. The lowest BCUT2D eigenvalue weighted by Crippen LogP contribution is -2.39. The van der Waals surface area contributed by atoms with E-state index in [0.29, 0.717) is 5.92 Å². The minimum Gasteiger partial charge on any atom is -0.393 e. The molecule has 1 saturated carbocycles. The van der Waals surface area contributed by atoms with Gasteiger partial charge in [0.05, 0.1) is 11.7 Å². The number of aliphatic hydroxyl groups excluding tert-OH is 1. The zero-order valence-corrected chi connectivity index (χ0v) is 11.9. The first-order chi connectivity index (χ1) is 8.08. The van der Waals surface area contributed by atoms with Gasteiger partial charge in [-0.05, 0) is 53.5 Å². The fourth-order valence-corrected chi connectivity index (χ4v) is 2.78. The standard InChI is InChI=1S/C13H16INO2/c1-15(8-9-6-10(16)7-9)13(17)11-4-2-3-5-12(11)14/h2-5,9-10,16H,6-8H2,1H3. The first-order valence-electron chi connectivity index (χ1n) is 5.76. The number of nitrogens with zero attached hydrogens (tertiary/aromatic N) is 1. The molecule has 0 saturated heterocycles. The molecule has 1 amide bonds. The van der Waals surface area contributed by atoms with Crippen LogP contribution in [-0.4, -0.2) is 35.6 Å². The lowest BCUT2D eigenvalue weighted by Gasteiger charge is -2.34. The van der Waals surface area contributed by atoms with Crippen molar-refractivity contribution in [2.75, 3.05) is 13.6 Å². The zero-order chi connectivity index (χ0) is 12.4. The maximum Gasteiger partial charge on any atom is 0.254 e. The first-order valence-corrected chi connectivity index (χ1v) is 6.84. The monoisotopic (exact) mass is 345 g/mol. The zero-order valence-electron chi connectivity index (χ0n) is 9.77. The van der Waals surface area contributed by atoms with Gasteiger partial charge in [-0.2, -0.15) is 0 Å². The van der Waals surface area contributed by atoms with E-state index in [-0.39, 0.29) is 12.0 Å². The third-order valence-electron chi connectivity index (χ3n) is 3.19. The van der Waals surface area contributed by atoms with Crippen LogP contribution in [0.3, 0.4) is 0 Å². The minimum atomic E-state index is -0.152. The van der Waals surface area contributed by atoms with Crippen LogP contribution in [0.15, 0.2) is 24.3 Å². The Labute approximate surface area is 115 Å². The molecule has 1 aromatic carbocycles. The highest BCUT2D eigenvalue weighted by molar-refractivity contribution is 14.1. The van der Waals surface area contributed by atoms with Crippen LogP contribution in [0.2, 0.25) is 0 Å². The molecular formula is C13H16INO2. The fourth-order valence-electron chi connectivity index (χ4n) is 2.16. The van der Waals surface area contributed by atoms with Crippen LogP contribution in [0.25, 0.3) is 0 Å². The molecule has 0 unspecified atom stereocenters. The molecule has 1 aliphatic carbocycles. The summed E-state index contributed by atoms with van der Waals surface area (Å²) in [4.78, 5) is 13.9. The number of hydrogen-bond donors (Lipinski definition) is 1. The Morgan fingerprint density at radius 2 is 2.12 bits per heavy atom. The van der Waals surface area contributed by atoms with E-state index in [1.807, 2.05) is 31.3 Å². The van der Waals surface area contributed by atoms with Gasteiger partial charge in [0.2, 0.25) is 0 Å². The van der Waals surface area contributed by atoms with Gasteiger partial charge in [-0.3, -0.25) is 4.79 Å². The second-order valence-electron chi connectivity index (χ2n) is 4.66. The van der Waals surface area contributed by atoms with Gasteiger partial charge in [-0.1, -0.05) is 12.1 Å². The van der Waals surface area contributed by atoms with Crippen LogP contribution in [0.4, 0.5) is 0 Å². The molecule has 0 bridgehead atoms. The highest BCUT2D eigenvalue weighted by Crippen LogP contribution is 2.28. The van der Waals surface area contributed by atoms with E-state index in [1.165, 1.54) is 0 Å². The van der Waals surface area contributed by atoms with Gasteiger partial charge in [0.25, 0.3) is 5.91 Å². The van der Waals surface area contributed by atoms with Crippen molar-refractivity contribution in [2.24, 2.45) is 5.92 Å². The summed E-state index contributed by atoms with van der Waals surface area (Å²) < 4.78 is 0.982. The number of hydrogen-bond acceptors (Lipinski definition) is 2. The molecule has 0 radical (unpaired) electrons. The third kappa shape index (κ3) is 2.98. The third-order valence-corrected chi connectivity index (χ3v) is 4.13. The average molecular weight is 345 g/mol. The quantitative estimate of drug-likeness (QED) is 0.853. The molecular weight excluding hydrogens is 329 g/mol. The Balaban J connectivity index is 1.97. The van der Waals surface area contributed by atoms with Crippen molar-refractivity contribution in [1.29, 1.82) is 0 Å². The van der Waals surface area contributed by atoms with Crippen LogP contribution >= 0.6 is 22.6 Å². The van der Waals surface area contributed by atoms with Gasteiger partial charge in [-0.25, -0.2) is 0 Å². The molecule has 1 N–H and O–H groups in total. The van der Waals surface area contributed by atoms with E-state index in [9.17, 15) is 9.90 Å². The number of carbonyl (C=O) groups is 1. The Morgan fingerprint density at radius 3 is 2.71 bits per heavy atom. The molecule has 0 aromatic heterocycles. The highest BCUT2D eigenvalue weighted by atomic mass is 127. The topological polar surface area (TPSA) is 40.5 Å². The number of rotatable bonds is 3. The average Bonchev–Trinajstić information content (AvgIpc) is 2.26. The normalized spacial score (nSPS) is 23.0. The molecule has 0 heterocycles. The van der Waals surface area contributed by atoms with Crippen molar-refractivity contribution in [3.8, 4) is 0 Å². The predicted octanol–water partition coefficient (Wildman–Crippen LogP) is 2.13. The van der Waals surface area contributed by atoms with E-state index in [1.54, 1.807) is 4.90 Å². The molecule has 17 heavy (non-hydrogen) atoms. The fraction of sp³-hybridized carbons (Fsp3) is 0.462. The molecule has 1 aliphatic rings. The van der Waals surface area contributed by atoms with Crippen molar-refractivity contribution in [1.82, 2.24) is 4.90 Å². The summed E-state index contributed by atoms with van der Waals surface area (Å²) in [5.74, 6) is 0.525. The molecule has 0 aliphatic heterocycles. The van der Waals surface area contributed by atoms with Crippen LogP contribution < -0.4 is 0 Å². The Bertz CT molecular complexity index is 416. The molecule has 2 rings (SSSR count). The maximum absolute atomic E-state index is 12.2. The van der Waals surface area contributed by atoms with Crippen molar-refractivity contribution >= 4 is 28.5 Å². The summed E-state index contributed by atoms with van der Waals surface area (Å²) in [7, 11) is 1.83. The summed E-state index contributed by atoms with van der Waals surface area (Å²) in [6, 6.07) is 7.61. The number of benzene rings is 1. The first kappa shape index (κ1) is 12.8. The van der Waals surface area contributed by atoms with Gasteiger partial charge in [0.1, 0.15) is 0 Å². The number of aliphatic hydroxyl groups is 1. The molecule has 0 spiro atoms. The maximum atomic E-state index is 12.2. The summed E-state index contributed by atoms with van der Waals surface area (Å²) in [5, 5.41) is 9.23. The van der Waals surface area contributed by atoms with Gasteiger partial charge in [0.15, 0.2) is 0 Å². The van der Waals surface area contributed by atoms with E-state index in [2.05, 4.69) is 22.6 Å². The van der Waals surface area contributed by atoms with Crippen LogP contribution in [0, 0.1) is 9.49 Å². The summed E-state index contributed by atoms with van der Waals surface area (Å²) in [6.45, 7) is 0.737. The largest absolute Gasteiger partial charge is 0.393 e. The molecule has 4 heteroatoms.